The van der Waals surface area contributed by atoms with Crippen molar-refractivity contribution in [2.75, 3.05) is 31.5 Å². The zero-order chi connectivity index (χ0) is 21.7. The van der Waals surface area contributed by atoms with Gasteiger partial charge >= 0.3 is 6.03 Å². The second kappa shape index (κ2) is 9.74. The van der Waals surface area contributed by atoms with Gasteiger partial charge in [0.05, 0.1) is 5.92 Å². The van der Waals surface area contributed by atoms with Gasteiger partial charge in [-0.05, 0) is 54.7 Å². The van der Waals surface area contributed by atoms with E-state index in [0.717, 1.165) is 12.0 Å². The van der Waals surface area contributed by atoms with Gasteiger partial charge in [0.15, 0.2) is 0 Å². The highest BCUT2D eigenvalue weighted by Crippen LogP contribution is 2.21. The maximum atomic E-state index is 13.0. The van der Waals surface area contributed by atoms with Gasteiger partial charge in [-0.25, -0.2) is 9.18 Å². The summed E-state index contributed by atoms with van der Waals surface area (Å²) < 4.78 is 13.0. The largest absolute Gasteiger partial charge is 0.339 e. The van der Waals surface area contributed by atoms with Crippen molar-refractivity contribution in [1.82, 2.24) is 9.80 Å². The molecule has 2 aromatic carbocycles. The van der Waals surface area contributed by atoms with Crippen LogP contribution in [-0.4, -0.2) is 47.9 Å². The fraction of sp³-hybridized carbons (Fsp3) is 0.417. The van der Waals surface area contributed by atoms with Gasteiger partial charge < -0.3 is 15.1 Å². The van der Waals surface area contributed by atoms with Crippen LogP contribution in [0.1, 0.15) is 37.8 Å². The molecule has 3 amide bonds. The van der Waals surface area contributed by atoms with Crippen LogP contribution in [-0.2, 0) is 11.2 Å². The summed E-state index contributed by atoms with van der Waals surface area (Å²) in [4.78, 5) is 28.8. The molecule has 0 spiro atoms. The van der Waals surface area contributed by atoms with E-state index in [-0.39, 0.29) is 23.7 Å². The Bertz CT molecular complexity index is 857. The topological polar surface area (TPSA) is 52.7 Å². The minimum Gasteiger partial charge on any atom is -0.339 e. The molecule has 160 valence electrons. The number of benzene rings is 2. The van der Waals surface area contributed by atoms with E-state index < -0.39 is 0 Å². The lowest BCUT2D eigenvalue weighted by molar-refractivity contribution is -0.133. The van der Waals surface area contributed by atoms with E-state index in [1.807, 2.05) is 24.0 Å². The van der Waals surface area contributed by atoms with Gasteiger partial charge in [0, 0.05) is 31.9 Å². The average Bonchev–Trinajstić information content (AvgIpc) is 2.74. The first-order chi connectivity index (χ1) is 14.3. The normalized spacial score (nSPS) is 15.2. The first kappa shape index (κ1) is 21.8. The van der Waals surface area contributed by atoms with Gasteiger partial charge in [-0.15, -0.1) is 0 Å². The second-order valence-electron chi connectivity index (χ2n) is 8.31. The van der Waals surface area contributed by atoms with Gasteiger partial charge in [0.25, 0.3) is 0 Å². The summed E-state index contributed by atoms with van der Waals surface area (Å²) in [6.07, 6.45) is 1.03. The Morgan fingerprint density at radius 3 is 2.03 bits per heavy atom. The highest BCUT2D eigenvalue weighted by atomic mass is 19.1. The maximum Gasteiger partial charge on any atom is 0.321 e. The van der Waals surface area contributed by atoms with E-state index in [1.54, 1.807) is 4.90 Å². The Balaban J connectivity index is 1.51. The molecule has 0 saturated carbocycles. The Morgan fingerprint density at radius 2 is 1.47 bits per heavy atom. The molecule has 6 heteroatoms. The van der Waals surface area contributed by atoms with Crippen LogP contribution < -0.4 is 5.32 Å². The number of amides is 3. The standard InChI is InChI=1S/C24H30FN3O2/c1-17(2)16-19-4-6-20(7-5-19)18(3)23(29)27-12-14-28(15-13-27)24(30)26-22-10-8-21(25)9-11-22/h4-11,17-18H,12-16H2,1-3H3,(H,26,30). The van der Waals surface area contributed by atoms with E-state index >= 15 is 0 Å². The summed E-state index contributed by atoms with van der Waals surface area (Å²) in [5, 5.41) is 2.77. The number of hydrogen-bond acceptors (Lipinski definition) is 2. The van der Waals surface area contributed by atoms with Gasteiger partial charge in [-0.3, -0.25) is 4.79 Å². The molecule has 1 heterocycles. The summed E-state index contributed by atoms with van der Waals surface area (Å²) in [6.45, 7) is 8.28. The third-order valence-corrected chi connectivity index (χ3v) is 5.47. The third-order valence-electron chi connectivity index (χ3n) is 5.47. The Hall–Kier alpha value is -2.89. The second-order valence-corrected chi connectivity index (χ2v) is 8.31. The van der Waals surface area contributed by atoms with E-state index in [9.17, 15) is 14.0 Å². The number of carbonyl (C=O) groups is 2. The van der Waals surface area contributed by atoms with Crippen LogP contribution in [0.15, 0.2) is 48.5 Å². The molecule has 1 N–H and O–H groups in total. The van der Waals surface area contributed by atoms with E-state index in [2.05, 4.69) is 31.3 Å². The number of nitrogens with zero attached hydrogens (tertiary/aromatic N) is 2. The average molecular weight is 412 g/mol. The fourth-order valence-electron chi connectivity index (χ4n) is 3.70. The summed E-state index contributed by atoms with van der Waals surface area (Å²) in [5.74, 6) is 0.137. The zero-order valence-corrected chi connectivity index (χ0v) is 17.9. The van der Waals surface area contributed by atoms with Crippen LogP contribution in [0.2, 0.25) is 0 Å². The minimum absolute atomic E-state index is 0.0882. The van der Waals surface area contributed by atoms with Gasteiger partial charge in [-0.1, -0.05) is 38.1 Å². The van der Waals surface area contributed by atoms with Crippen molar-refractivity contribution in [3.8, 4) is 0 Å². The summed E-state index contributed by atoms with van der Waals surface area (Å²) in [7, 11) is 0. The number of carbonyl (C=O) groups excluding carboxylic acids is 2. The van der Waals surface area contributed by atoms with Gasteiger partial charge in [-0.2, -0.15) is 0 Å². The van der Waals surface area contributed by atoms with Gasteiger partial charge in [0.2, 0.25) is 5.91 Å². The molecule has 1 aliphatic rings. The number of piperazine rings is 1. The SMILES string of the molecule is CC(C)Cc1ccc(C(C)C(=O)N2CCN(C(=O)Nc3ccc(F)cc3)CC2)cc1. The van der Waals surface area contributed by atoms with Crippen LogP contribution in [0.4, 0.5) is 14.9 Å². The van der Waals surface area contributed by atoms with Crippen molar-refractivity contribution in [1.29, 1.82) is 0 Å². The molecule has 1 atom stereocenters. The Labute approximate surface area is 177 Å². The number of nitrogens with one attached hydrogen (secondary N) is 1. The molecular weight excluding hydrogens is 381 g/mol. The van der Waals surface area contributed by atoms with E-state index in [1.165, 1.54) is 29.8 Å². The first-order valence-corrected chi connectivity index (χ1v) is 10.5. The summed E-state index contributed by atoms with van der Waals surface area (Å²) >= 11 is 0. The monoisotopic (exact) mass is 411 g/mol. The molecule has 0 aliphatic carbocycles. The summed E-state index contributed by atoms with van der Waals surface area (Å²) in [5.41, 5.74) is 2.85. The van der Waals surface area contributed by atoms with Crippen molar-refractivity contribution in [2.24, 2.45) is 5.92 Å². The molecule has 1 unspecified atom stereocenters. The van der Waals surface area contributed by atoms with Crippen molar-refractivity contribution in [2.45, 2.75) is 33.1 Å². The van der Waals surface area contributed by atoms with Crippen molar-refractivity contribution >= 4 is 17.6 Å². The van der Waals surface area contributed by atoms with Crippen molar-refractivity contribution < 1.29 is 14.0 Å². The molecule has 1 saturated heterocycles. The van der Waals surface area contributed by atoms with Crippen LogP contribution in [0.3, 0.4) is 0 Å². The highest BCUT2D eigenvalue weighted by molar-refractivity contribution is 5.89. The molecule has 1 aliphatic heterocycles. The van der Waals surface area contributed by atoms with Crippen LogP contribution in [0.5, 0.6) is 0 Å². The van der Waals surface area contributed by atoms with Gasteiger partial charge in [0.1, 0.15) is 5.82 Å². The number of anilines is 1. The molecular formula is C24H30FN3O2. The quantitative estimate of drug-likeness (QED) is 0.787. The predicted molar refractivity (Wildman–Crippen MR) is 117 cm³/mol. The molecule has 0 aromatic heterocycles. The predicted octanol–water partition coefficient (Wildman–Crippen LogP) is 4.50. The zero-order valence-electron chi connectivity index (χ0n) is 17.9. The van der Waals surface area contributed by atoms with Crippen molar-refractivity contribution in [3.63, 3.8) is 0 Å². The smallest absolute Gasteiger partial charge is 0.321 e. The molecule has 3 rings (SSSR count). The minimum atomic E-state index is -0.344. The molecule has 1 fully saturated rings. The molecule has 0 radical (unpaired) electrons. The van der Waals surface area contributed by atoms with E-state index in [4.69, 9.17) is 0 Å². The highest BCUT2D eigenvalue weighted by Gasteiger charge is 2.27. The lowest BCUT2D eigenvalue weighted by Gasteiger charge is -2.36. The number of halogens is 1. The van der Waals surface area contributed by atoms with E-state index in [0.29, 0.717) is 37.8 Å². The first-order valence-electron chi connectivity index (χ1n) is 10.5. The number of rotatable bonds is 5. The van der Waals surface area contributed by atoms with Crippen molar-refractivity contribution in [3.05, 3.63) is 65.5 Å². The maximum absolute atomic E-state index is 13.0. The Morgan fingerprint density at radius 1 is 0.900 bits per heavy atom. The Kier molecular flexibility index (Phi) is 7.08. The lowest BCUT2D eigenvalue weighted by atomic mass is 9.95. The molecule has 5 nitrogen and oxygen atoms in total. The lowest BCUT2D eigenvalue weighted by Crippen LogP contribution is -2.52. The fourth-order valence-corrected chi connectivity index (χ4v) is 3.70. The molecule has 30 heavy (non-hydrogen) atoms. The van der Waals surface area contributed by atoms with Crippen LogP contribution >= 0.6 is 0 Å². The summed E-state index contributed by atoms with van der Waals surface area (Å²) in [6, 6.07) is 13.8. The molecule has 2 aromatic rings. The van der Waals surface area contributed by atoms with Crippen LogP contribution in [0, 0.1) is 11.7 Å². The van der Waals surface area contributed by atoms with Crippen LogP contribution in [0.25, 0.3) is 0 Å². The third kappa shape index (κ3) is 5.59. The number of urea groups is 1. The number of hydrogen-bond donors (Lipinski definition) is 1. The molecule has 0 bridgehead atoms.